The summed E-state index contributed by atoms with van der Waals surface area (Å²) in [5, 5.41) is 6.31. The lowest BCUT2D eigenvalue weighted by Gasteiger charge is -2.14. The molecule has 0 unspecified atom stereocenters. The van der Waals surface area contributed by atoms with Crippen molar-refractivity contribution in [1.82, 2.24) is 24.8 Å². The highest BCUT2D eigenvalue weighted by molar-refractivity contribution is 9.10. The van der Waals surface area contributed by atoms with Gasteiger partial charge in [0.25, 0.3) is 5.91 Å². The van der Waals surface area contributed by atoms with Crippen LogP contribution in [0.2, 0.25) is 0 Å². The summed E-state index contributed by atoms with van der Waals surface area (Å²) >= 11 is 3.46. The standard InChI is InChI=1S/C27H29BrN6O2/c1-33-25-10-9-21(17-23(25)32-27(33)31-20-7-5-19(28)6-8-20)36-22-11-13-29-24(18-22)26(35)30-12-4-16-34-14-2-3-15-34/h5-11,13,17-18H,2-4,12,14-16H2,1H3,(H,30,35)(H,31,32). The quantitative estimate of drug-likeness (QED) is 0.269. The molecule has 0 atom stereocenters. The normalized spacial score (nSPS) is 13.7. The lowest BCUT2D eigenvalue weighted by atomic mass is 10.3. The van der Waals surface area contributed by atoms with E-state index in [2.05, 4.69) is 36.4 Å². The van der Waals surface area contributed by atoms with Crippen molar-refractivity contribution in [2.24, 2.45) is 7.05 Å². The van der Waals surface area contributed by atoms with Crippen molar-refractivity contribution in [3.63, 3.8) is 0 Å². The Bertz CT molecular complexity index is 1350. The number of amides is 1. The number of rotatable bonds is 9. The van der Waals surface area contributed by atoms with Gasteiger partial charge in [0, 0.05) is 42.1 Å². The molecule has 8 nitrogen and oxygen atoms in total. The van der Waals surface area contributed by atoms with Gasteiger partial charge < -0.3 is 24.8 Å². The molecule has 186 valence electrons. The molecule has 5 rings (SSSR count). The number of nitrogens with zero attached hydrogens (tertiary/aromatic N) is 4. The number of aryl methyl sites for hydroxylation is 1. The van der Waals surface area contributed by atoms with Gasteiger partial charge in [0.1, 0.15) is 17.2 Å². The van der Waals surface area contributed by atoms with E-state index in [1.54, 1.807) is 18.3 Å². The molecule has 9 heteroatoms. The number of halogens is 1. The molecule has 0 saturated carbocycles. The molecule has 0 bridgehead atoms. The van der Waals surface area contributed by atoms with Crippen molar-refractivity contribution in [2.75, 3.05) is 31.5 Å². The maximum absolute atomic E-state index is 12.6. The van der Waals surface area contributed by atoms with E-state index in [-0.39, 0.29) is 5.91 Å². The van der Waals surface area contributed by atoms with E-state index in [0.29, 0.717) is 23.7 Å². The van der Waals surface area contributed by atoms with Gasteiger partial charge in [0.2, 0.25) is 5.95 Å². The molecular weight excluding hydrogens is 520 g/mol. The molecule has 0 radical (unpaired) electrons. The van der Waals surface area contributed by atoms with Gasteiger partial charge in [-0.3, -0.25) is 9.78 Å². The maximum atomic E-state index is 12.6. The number of hydrogen-bond donors (Lipinski definition) is 2. The maximum Gasteiger partial charge on any atom is 0.270 e. The zero-order valence-electron chi connectivity index (χ0n) is 20.2. The van der Waals surface area contributed by atoms with E-state index in [1.807, 2.05) is 54.1 Å². The van der Waals surface area contributed by atoms with Gasteiger partial charge in [0.05, 0.1) is 11.0 Å². The summed E-state index contributed by atoms with van der Waals surface area (Å²) < 4.78 is 9.07. The minimum atomic E-state index is -0.189. The van der Waals surface area contributed by atoms with Crippen molar-refractivity contribution in [3.8, 4) is 11.5 Å². The Morgan fingerprint density at radius 3 is 2.64 bits per heavy atom. The summed E-state index contributed by atoms with van der Waals surface area (Å²) in [6, 6.07) is 17.1. The summed E-state index contributed by atoms with van der Waals surface area (Å²) in [7, 11) is 1.97. The molecule has 0 spiro atoms. The largest absolute Gasteiger partial charge is 0.457 e. The van der Waals surface area contributed by atoms with Crippen molar-refractivity contribution >= 4 is 44.5 Å². The molecule has 0 aliphatic carbocycles. The van der Waals surface area contributed by atoms with E-state index in [9.17, 15) is 4.79 Å². The number of imidazole rings is 1. The molecule has 2 aromatic carbocycles. The number of hydrogen-bond acceptors (Lipinski definition) is 6. The van der Waals surface area contributed by atoms with Crippen molar-refractivity contribution < 1.29 is 9.53 Å². The van der Waals surface area contributed by atoms with Gasteiger partial charge in [-0.15, -0.1) is 0 Å². The topological polar surface area (TPSA) is 84.3 Å². The first-order valence-corrected chi connectivity index (χ1v) is 13.0. The van der Waals surface area contributed by atoms with Gasteiger partial charge >= 0.3 is 0 Å². The van der Waals surface area contributed by atoms with Gasteiger partial charge in [-0.2, -0.15) is 0 Å². The number of likely N-dealkylation sites (tertiary alicyclic amines) is 1. The molecule has 2 N–H and O–H groups in total. The number of fused-ring (bicyclic) bond motifs is 1. The van der Waals surface area contributed by atoms with Gasteiger partial charge in [-0.1, -0.05) is 15.9 Å². The van der Waals surface area contributed by atoms with Crippen molar-refractivity contribution in [3.05, 3.63) is 71.0 Å². The lowest BCUT2D eigenvalue weighted by Crippen LogP contribution is -2.29. The van der Waals surface area contributed by atoms with Crippen LogP contribution in [0.15, 0.2) is 65.3 Å². The summed E-state index contributed by atoms with van der Waals surface area (Å²) in [6.07, 6.45) is 5.08. The highest BCUT2D eigenvalue weighted by atomic mass is 79.9. The minimum Gasteiger partial charge on any atom is -0.457 e. The van der Waals surface area contributed by atoms with Crippen LogP contribution in [0.25, 0.3) is 11.0 Å². The predicted octanol–water partition coefficient (Wildman–Crippen LogP) is 5.48. The Kier molecular flexibility index (Phi) is 7.48. The van der Waals surface area contributed by atoms with Crippen LogP contribution in [0.5, 0.6) is 11.5 Å². The van der Waals surface area contributed by atoms with Crippen LogP contribution in [0.1, 0.15) is 29.8 Å². The second kappa shape index (κ2) is 11.1. The van der Waals surface area contributed by atoms with Crippen LogP contribution in [0, 0.1) is 0 Å². The molecule has 1 fully saturated rings. The number of benzene rings is 2. The zero-order chi connectivity index (χ0) is 24.9. The number of anilines is 2. The van der Waals surface area contributed by atoms with Crippen molar-refractivity contribution in [2.45, 2.75) is 19.3 Å². The Morgan fingerprint density at radius 2 is 1.83 bits per heavy atom. The smallest absolute Gasteiger partial charge is 0.270 e. The van der Waals surface area contributed by atoms with E-state index in [0.717, 1.165) is 40.1 Å². The number of carbonyl (C=O) groups excluding carboxylic acids is 1. The fraction of sp³-hybridized carbons (Fsp3) is 0.296. The first kappa shape index (κ1) is 24.3. The molecule has 36 heavy (non-hydrogen) atoms. The van der Waals surface area contributed by atoms with E-state index in [4.69, 9.17) is 9.72 Å². The van der Waals surface area contributed by atoms with Gasteiger partial charge in [-0.05, 0) is 81.4 Å². The second-order valence-electron chi connectivity index (χ2n) is 8.91. The second-order valence-corrected chi connectivity index (χ2v) is 9.83. The third kappa shape index (κ3) is 5.85. The molecule has 2 aromatic heterocycles. The highest BCUT2D eigenvalue weighted by Crippen LogP contribution is 2.28. The molecule has 1 saturated heterocycles. The van der Waals surface area contributed by atoms with Crippen LogP contribution in [-0.4, -0.2) is 51.5 Å². The van der Waals surface area contributed by atoms with Crippen LogP contribution >= 0.6 is 15.9 Å². The average Bonchev–Trinajstić information content (AvgIpc) is 3.51. The average molecular weight is 549 g/mol. The molecule has 1 aliphatic rings. The Labute approximate surface area is 218 Å². The number of carbonyl (C=O) groups is 1. The van der Waals surface area contributed by atoms with Gasteiger partial charge in [-0.25, -0.2) is 4.98 Å². The molecular formula is C27H29BrN6O2. The predicted molar refractivity (Wildman–Crippen MR) is 145 cm³/mol. The number of nitrogens with one attached hydrogen (secondary N) is 2. The van der Waals surface area contributed by atoms with E-state index >= 15 is 0 Å². The van der Waals surface area contributed by atoms with Crippen LogP contribution in [0.4, 0.5) is 11.6 Å². The zero-order valence-corrected chi connectivity index (χ0v) is 21.8. The fourth-order valence-electron chi connectivity index (χ4n) is 4.35. The summed E-state index contributed by atoms with van der Waals surface area (Å²) in [5.41, 5.74) is 3.07. The van der Waals surface area contributed by atoms with Gasteiger partial charge in [0.15, 0.2) is 0 Å². The number of aromatic nitrogens is 3. The van der Waals surface area contributed by atoms with Crippen LogP contribution in [-0.2, 0) is 7.05 Å². The van der Waals surface area contributed by atoms with Crippen LogP contribution in [0.3, 0.4) is 0 Å². The first-order valence-electron chi connectivity index (χ1n) is 12.2. The van der Waals surface area contributed by atoms with Crippen molar-refractivity contribution in [1.29, 1.82) is 0 Å². The highest BCUT2D eigenvalue weighted by Gasteiger charge is 2.13. The third-order valence-electron chi connectivity index (χ3n) is 6.29. The first-order chi connectivity index (χ1) is 17.5. The fourth-order valence-corrected chi connectivity index (χ4v) is 4.62. The van der Waals surface area contributed by atoms with E-state index in [1.165, 1.54) is 25.9 Å². The monoisotopic (exact) mass is 548 g/mol. The molecule has 3 heterocycles. The Balaban J connectivity index is 1.22. The molecule has 4 aromatic rings. The molecule has 1 aliphatic heterocycles. The van der Waals surface area contributed by atoms with Crippen LogP contribution < -0.4 is 15.4 Å². The Morgan fingerprint density at radius 1 is 1.06 bits per heavy atom. The SMILES string of the molecule is Cn1c(Nc2ccc(Br)cc2)nc2cc(Oc3ccnc(C(=O)NCCCN4CCCC4)c3)ccc21. The lowest BCUT2D eigenvalue weighted by molar-refractivity contribution is 0.0946. The summed E-state index contributed by atoms with van der Waals surface area (Å²) in [6.45, 7) is 3.99. The van der Waals surface area contributed by atoms with E-state index < -0.39 is 0 Å². The number of pyridine rings is 1. The molecule has 1 amide bonds. The Hall–Kier alpha value is -3.43. The third-order valence-corrected chi connectivity index (χ3v) is 6.82. The minimum absolute atomic E-state index is 0.189. The summed E-state index contributed by atoms with van der Waals surface area (Å²) in [5.74, 6) is 1.73. The number of ether oxygens (including phenoxy) is 1. The summed E-state index contributed by atoms with van der Waals surface area (Å²) in [4.78, 5) is 24.0.